The van der Waals surface area contributed by atoms with Gasteiger partial charge in [0.2, 0.25) is 5.88 Å². The lowest BCUT2D eigenvalue weighted by molar-refractivity contribution is 0.270. The highest BCUT2D eigenvalue weighted by Crippen LogP contribution is 2.22. The Kier molecular flexibility index (Phi) is 5.52. The van der Waals surface area contributed by atoms with Gasteiger partial charge in [0.25, 0.3) is 0 Å². The van der Waals surface area contributed by atoms with Crippen LogP contribution in [-0.4, -0.2) is 57.7 Å². The maximum Gasteiger partial charge on any atom is 0.215 e. The molecule has 1 aliphatic heterocycles. The summed E-state index contributed by atoms with van der Waals surface area (Å²) in [7, 11) is 0. The lowest BCUT2D eigenvalue weighted by Crippen LogP contribution is -2.46. The first-order valence-corrected chi connectivity index (χ1v) is 9.22. The molecule has 1 saturated heterocycles. The number of aryl methyl sites for hydroxylation is 1. The molecular weight excluding hydrogens is 322 g/mol. The van der Waals surface area contributed by atoms with E-state index in [4.69, 9.17) is 0 Å². The smallest absolute Gasteiger partial charge is 0.215 e. The van der Waals surface area contributed by atoms with Crippen molar-refractivity contribution in [2.75, 3.05) is 37.6 Å². The molecule has 1 fully saturated rings. The third kappa shape index (κ3) is 4.36. The van der Waals surface area contributed by atoms with E-state index in [1.807, 2.05) is 13.1 Å². The number of rotatable bonds is 5. The number of thioether (sulfide) groups is 1. The highest BCUT2D eigenvalue weighted by atomic mass is 32.2. The van der Waals surface area contributed by atoms with Crippen molar-refractivity contribution in [1.82, 2.24) is 19.9 Å². The molecule has 0 saturated carbocycles. The normalized spacial score (nSPS) is 15.7. The fraction of sp³-hybridized carbons (Fsp3) is 0.471. The lowest BCUT2D eigenvalue weighted by atomic mass is 10.2. The van der Waals surface area contributed by atoms with Gasteiger partial charge in [-0.15, -0.1) is 0 Å². The van der Waals surface area contributed by atoms with Crippen LogP contribution in [0.1, 0.15) is 18.2 Å². The Bertz CT molecular complexity index is 651. The van der Waals surface area contributed by atoms with Crippen LogP contribution in [0.2, 0.25) is 0 Å². The molecule has 2 aromatic heterocycles. The van der Waals surface area contributed by atoms with E-state index in [0.29, 0.717) is 5.16 Å². The van der Waals surface area contributed by atoms with Gasteiger partial charge in [-0.25, -0.2) is 9.97 Å². The summed E-state index contributed by atoms with van der Waals surface area (Å²) >= 11 is 1.50. The summed E-state index contributed by atoms with van der Waals surface area (Å²) in [6.45, 7) is 9.44. The number of nitrogens with zero attached hydrogens (tertiary/aromatic N) is 5. The van der Waals surface area contributed by atoms with Gasteiger partial charge in [0.05, 0.1) is 0 Å². The number of aromatic hydroxyl groups is 1. The Labute approximate surface area is 146 Å². The molecule has 1 aliphatic rings. The van der Waals surface area contributed by atoms with Crippen LogP contribution < -0.4 is 4.90 Å². The first-order chi connectivity index (χ1) is 11.6. The molecule has 0 aliphatic carbocycles. The molecule has 2 aromatic rings. The van der Waals surface area contributed by atoms with E-state index >= 15 is 0 Å². The van der Waals surface area contributed by atoms with Gasteiger partial charge in [0, 0.05) is 49.9 Å². The summed E-state index contributed by atoms with van der Waals surface area (Å²) < 4.78 is 0. The zero-order chi connectivity index (χ0) is 16.9. The van der Waals surface area contributed by atoms with Crippen LogP contribution in [0.3, 0.4) is 0 Å². The third-order valence-electron chi connectivity index (χ3n) is 4.14. The standard InChI is InChI=1S/C17H23N5OS/c1-3-21-6-8-22(9-7-21)15-5-4-14(11-18-15)12-24-17-19-13(2)10-16(23)20-17/h4-5,10-11H,3,6-9,12H2,1-2H3,(H,19,20,23). The van der Waals surface area contributed by atoms with Crippen molar-refractivity contribution in [3.8, 4) is 5.88 Å². The van der Waals surface area contributed by atoms with Gasteiger partial charge >= 0.3 is 0 Å². The zero-order valence-electron chi connectivity index (χ0n) is 14.1. The van der Waals surface area contributed by atoms with Crippen molar-refractivity contribution >= 4 is 17.6 Å². The van der Waals surface area contributed by atoms with Crippen LogP contribution in [0, 0.1) is 6.92 Å². The zero-order valence-corrected chi connectivity index (χ0v) is 15.0. The number of aromatic nitrogens is 3. The van der Waals surface area contributed by atoms with E-state index in [2.05, 4.69) is 43.8 Å². The molecule has 0 bridgehead atoms. The van der Waals surface area contributed by atoms with Crippen molar-refractivity contribution in [3.63, 3.8) is 0 Å². The number of likely N-dealkylation sites (N-methyl/N-ethyl adjacent to an activating group) is 1. The number of piperazine rings is 1. The topological polar surface area (TPSA) is 65.4 Å². The Hall–Kier alpha value is -1.86. The van der Waals surface area contributed by atoms with Crippen LogP contribution in [-0.2, 0) is 5.75 Å². The second-order valence-electron chi connectivity index (χ2n) is 5.88. The molecule has 128 valence electrons. The average molecular weight is 345 g/mol. The Morgan fingerprint density at radius 3 is 2.58 bits per heavy atom. The molecule has 0 radical (unpaired) electrons. The maximum atomic E-state index is 9.52. The highest BCUT2D eigenvalue weighted by molar-refractivity contribution is 7.98. The van der Waals surface area contributed by atoms with Crippen molar-refractivity contribution in [3.05, 3.63) is 35.7 Å². The van der Waals surface area contributed by atoms with E-state index in [9.17, 15) is 5.11 Å². The molecular formula is C17H23N5OS. The third-order valence-corrected chi connectivity index (χ3v) is 5.06. The van der Waals surface area contributed by atoms with E-state index in [-0.39, 0.29) is 5.88 Å². The largest absolute Gasteiger partial charge is 0.493 e. The van der Waals surface area contributed by atoms with E-state index in [1.54, 1.807) is 6.07 Å². The monoisotopic (exact) mass is 345 g/mol. The summed E-state index contributed by atoms with van der Waals surface area (Å²) in [5.41, 5.74) is 1.89. The van der Waals surface area contributed by atoms with E-state index in [0.717, 1.165) is 55.6 Å². The first kappa shape index (κ1) is 17.0. The molecule has 3 rings (SSSR count). The minimum absolute atomic E-state index is 0.0182. The van der Waals surface area contributed by atoms with E-state index < -0.39 is 0 Å². The summed E-state index contributed by atoms with van der Waals surface area (Å²) in [4.78, 5) is 17.7. The first-order valence-electron chi connectivity index (χ1n) is 8.23. The van der Waals surface area contributed by atoms with Gasteiger partial charge in [-0.3, -0.25) is 0 Å². The SMILES string of the molecule is CCN1CCN(c2ccc(CSc3nc(C)cc(O)n3)cn2)CC1. The second-order valence-corrected chi connectivity index (χ2v) is 6.83. The number of anilines is 1. The molecule has 6 nitrogen and oxygen atoms in total. The Balaban J connectivity index is 1.56. The minimum Gasteiger partial charge on any atom is -0.493 e. The molecule has 0 amide bonds. The summed E-state index contributed by atoms with van der Waals surface area (Å²) in [5.74, 6) is 1.80. The van der Waals surface area contributed by atoms with Gasteiger partial charge in [-0.1, -0.05) is 24.8 Å². The molecule has 0 atom stereocenters. The molecule has 0 unspecified atom stereocenters. The van der Waals surface area contributed by atoms with Gasteiger partial charge < -0.3 is 14.9 Å². The summed E-state index contributed by atoms with van der Waals surface area (Å²) in [6, 6.07) is 5.75. The van der Waals surface area contributed by atoms with Gasteiger partial charge in [0.1, 0.15) is 5.82 Å². The van der Waals surface area contributed by atoms with Crippen molar-refractivity contribution in [2.45, 2.75) is 24.8 Å². The maximum absolute atomic E-state index is 9.52. The lowest BCUT2D eigenvalue weighted by Gasteiger charge is -2.34. The predicted octanol–water partition coefficient (Wildman–Crippen LogP) is 2.32. The molecule has 24 heavy (non-hydrogen) atoms. The summed E-state index contributed by atoms with van der Waals surface area (Å²) in [6.07, 6.45) is 1.92. The van der Waals surface area contributed by atoms with Crippen molar-refractivity contribution in [1.29, 1.82) is 0 Å². The van der Waals surface area contributed by atoms with Gasteiger partial charge in [0.15, 0.2) is 5.16 Å². The molecule has 0 spiro atoms. The molecule has 7 heteroatoms. The summed E-state index contributed by atoms with van der Waals surface area (Å²) in [5, 5.41) is 10.1. The van der Waals surface area contributed by atoms with Gasteiger partial charge in [-0.2, -0.15) is 4.98 Å². The fourth-order valence-electron chi connectivity index (χ4n) is 2.72. The molecule has 3 heterocycles. The quantitative estimate of drug-likeness (QED) is 0.659. The van der Waals surface area contributed by atoms with Crippen LogP contribution in [0.4, 0.5) is 5.82 Å². The number of hydrogen-bond donors (Lipinski definition) is 1. The number of hydrogen-bond acceptors (Lipinski definition) is 7. The molecule has 0 aromatic carbocycles. The van der Waals surface area contributed by atoms with E-state index in [1.165, 1.54) is 11.8 Å². The van der Waals surface area contributed by atoms with Crippen LogP contribution in [0.5, 0.6) is 5.88 Å². The van der Waals surface area contributed by atoms with Crippen LogP contribution >= 0.6 is 11.8 Å². The van der Waals surface area contributed by atoms with Crippen molar-refractivity contribution < 1.29 is 5.11 Å². The minimum atomic E-state index is 0.0182. The molecule has 1 N–H and O–H groups in total. The van der Waals surface area contributed by atoms with Gasteiger partial charge in [-0.05, 0) is 25.1 Å². The highest BCUT2D eigenvalue weighted by Gasteiger charge is 2.16. The van der Waals surface area contributed by atoms with Crippen molar-refractivity contribution in [2.24, 2.45) is 0 Å². The fourth-order valence-corrected chi connectivity index (χ4v) is 3.55. The second kappa shape index (κ2) is 7.81. The Morgan fingerprint density at radius 1 is 1.17 bits per heavy atom. The number of pyridine rings is 1. The average Bonchev–Trinajstić information content (AvgIpc) is 2.60. The predicted molar refractivity (Wildman–Crippen MR) is 96.6 cm³/mol. The van der Waals surface area contributed by atoms with Crippen LogP contribution in [0.15, 0.2) is 29.6 Å². The Morgan fingerprint density at radius 2 is 1.96 bits per heavy atom. The van der Waals surface area contributed by atoms with Crippen LogP contribution in [0.25, 0.3) is 0 Å².